The molecule has 1 atom stereocenters. The van der Waals surface area contributed by atoms with Crippen LogP contribution in [0.3, 0.4) is 0 Å². The first-order valence-corrected chi connectivity index (χ1v) is 9.79. The second-order valence-corrected chi connectivity index (χ2v) is 8.00. The Hall–Kier alpha value is -3.43. The fraction of sp³-hybridized carbons (Fsp3) is 0.238. The van der Waals surface area contributed by atoms with Gasteiger partial charge in [0.2, 0.25) is 0 Å². The molecule has 162 valence electrons. The number of benzene rings is 2. The van der Waals surface area contributed by atoms with E-state index in [9.17, 15) is 14.4 Å². The molecule has 0 saturated heterocycles. The third-order valence-corrected chi connectivity index (χ3v) is 4.92. The summed E-state index contributed by atoms with van der Waals surface area (Å²) in [6.07, 6.45) is 0. The molecule has 0 spiro atoms. The van der Waals surface area contributed by atoms with E-state index in [-0.39, 0.29) is 10.4 Å². The van der Waals surface area contributed by atoms with Gasteiger partial charge in [-0.2, -0.15) is 0 Å². The van der Waals surface area contributed by atoms with Gasteiger partial charge in [0, 0.05) is 5.69 Å². The average Bonchev–Trinajstić information content (AvgIpc) is 2.67. The zero-order chi connectivity index (χ0) is 22.9. The molecule has 1 heterocycles. The highest BCUT2D eigenvalue weighted by Crippen LogP contribution is 2.23. The van der Waals surface area contributed by atoms with Crippen molar-refractivity contribution in [3.63, 3.8) is 0 Å². The van der Waals surface area contributed by atoms with Crippen LogP contribution < -0.4 is 21.9 Å². The number of carboxylic acids is 1. The van der Waals surface area contributed by atoms with Crippen LogP contribution in [0, 0.1) is 0 Å². The van der Waals surface area contributed by atoms with Crippen LogP contribution in [0.25, 0.3) is 16.6 Å². The number of nitrogens with two attached hydrogens (primary N) is 1. The van der Waals surface area contributed by atoms with Crippen LogP contribution in [0.1, 0.15) is 32.6 Å². The molecule has 10 heteroatoms. The van der Waals surface area contributed by atoms with E-state index in [1.54, 1.807) is 49.4 Å². The number of halogens is 1. The minimum atomic E-state index is -1.46. The van der Waals surface area contributed by atoms with Gasteiger partial charge in [-0.05, 0) is 51.1 Å². The van der Waals surface area contributed by atoms with Crippen molar-refractivity contribution in [2.24, 2.45) is 5.73 Å². The van der Waals surface area contributed by atoms with E-state index in [0.717, 1.165) is 0 Å². The number of fused-ring (bicyclic) bond motifs is 1. The molecule has 2 aromatic carbocycles. The van der Waals surface area contributed by atoms with Gasteiger partial charge < -0.3 is 21.5 Å². The van der Waals surface area contributed by atoms with Crippen LogP contribution in [-0.2, 0) is 4.79 Å². The number of anilines is 1. The van der Waals surface area contributed by atoms with Crippen LogP contribution in [0.4, 0.5) is 10.5 Å². The van der Waals surface area contributed by atoms with Gasteiger partial charge in [0.15, 0.2) is 0 Å². The number of carbonyl (C=O) groups excluding carboxylic acids is 1. The first-order chi connectivity index (χ1) is 14.5. The van der Waals surface area contributed by atoms with E-state index in [2.05, 4.69) is 15.6 Å². The number of nitrogens with zero attached hydrogens (tertiary/aromatic N) is 2. The molecule has 31 heavy (non-hydrogen) atoms. The molecule has 0 fully saturated rings. The van der Waals surface area contributed by atoms with E-state index < -0.39 is 29.1 Å². The van der Waals surface area contributed by atoms with Gasteiger partial charge in [0.25, 0.3) is 5.56 Å². The maximum Gasteiger partial charge on any atom is 0.328 e. The number of urea groups is 1. The van der Waals surface area contributed by atoms with Gasteiger partial charge in [0.05, 0.1) is 27.7 Å². The number of rotatable bonds is 5. The van der Waals surface area contributed by atoms with Crippen molar-refractivity contribution in [2.75, 3.05) is 5.32 Å². The van der Waals surface area contributed by atoms with Crippen LogP contribution in [0.15, 0.2) is 47.3 Å². The van der Waals surface area contributed by atoms with Gasteiger partial charge in [-0.3, -0.25) is 9.36 Å². The monoisotopic (exact) mass is 443 g/mol. The summed E-state index contributed by atoms with van der Waals surface area (Å²) in [6, 6.07) is 10.2. The van der Waals surface area contributed by atoms with Gasteiger partial charge in [-0.25, -0.2) is 14.6 Å². The van der Waals surface area contributed by atoms with Crippen molar-refractivity contribution in [2.45, 2.75) is 32.4 Å². The summed E-state index contributed by atoms with van der Waals surface area (Å²) < 4.78 is 1.35. The molecule has 0 bridgehead atoms. The average molecular weight is 444 g/mol. The summed E-state index contributed by atoms with van der Waals surface area (Å²) in [6.45, 7) is 4.44. The molecule has 3 aromatic rings. The number of hydrogen-bond acceptors (Lipinski definition) is 5. The van der Waals surface area contributed by atoms with E-state index >= 15 is 0 Å². The Morgan fingerprint density at radius 1 is 1.23 bits per heavy atom. The topological polar surface area (TPSA) is 139 Å². The zero-order valence-corrected chi connectivity index (χ0v) is 17.9. The van der Waals surface area contributed by atoms with Crippen molar-refractivity contribution in [3.05, 3.63) is 63.7 Å². The first kappa shape index (κ1) is 22.3. The zero-order valence-electron chi connectivity index (χ0n) is 17.1. The second kappa shape index (κ2) is 8.37. The minimum Gasteiger partial charge on any atom is -0.480 e. The van der Waals surface area contributed by atoms with E-state index in [1.807, 2.05) is 0 Å². The summed E-state index contributed by atoms with van der Waals surface area (Å²) in [7, 11) is 0. The highest BCUT2D eigenvalue weighted by atomic mass is 35.5. The minimum absolute atomic E-state index is 0.257. The maximum atomic E-state index is 13.3. The molecule has 9 nitrogen and oxygen atoms in total. The fourth-order valence-electron chi connectivity index (χ4n) is 2.98. The second-order valence-electron chi connectivity index (χ2n) is 7.59. The number of nitrogens with one attached hydrogen (secondary N) is 2. The molecule has 0 saturated carbocycles. The van der Waals surface area contributed by atoms with Crippen LogP contribution in [-0.4, -0.2) is 32.2 Å². The predicted octanol–water partition coefficient (Wildman–Crippen LogP) is 3.04. The van der Waals surface area contributed by atoms with Gasteiger partial charge in [-0.1, -0.05) is 23.7 Å². The lowest BCUT2D eigenvalue weighted by molar-refractivity contribution is -0.142. The number of hydrogen-bond donors (Lipinski definition) is 4. The standard InChI is InChI=1S/C21H22ClN5O4/c1-11(23)17-25-15-9-5-8-14(22)16(15)18(28)27(17)13-7-4-6-12(10-13)24-20(31)26-21(2,3)19(29)30/h4-11H,23H2,1-3H3,(H,29,30)(H2,24,26,31). The lowest BCUT2D eigenvalue weighted by atomic mass is 10.1. The normalized spacial score (nSPS) is 12.4. The smallest absolute Gasteiger partial charge is 0.328 e. The number of carbonyl (C=O) groups is 2. The molecule has 0 aliphatic carbocycles. The lowest BCUT2D eigenvalue weighted by Gasteiger charge is -2.21. The van der Waals surface area contributed by atoms with Gasteiger partial charge in [-0.15, -0.1) is 0 Å². The molecular weight excluding hydrogens is 422 g/mol. The number of carboxylic acid groups (broad SMARTS) is 1. The summed E-state index contributed by atoms with van der Waals surface area (Å²) in [4.78, 5) is 41.3. The molecule has 0 aliphatic heterocycles. The van der Waals surface area contributed by atoms with E-state index in [1.165, 1.54) is 18.4 Å². The molecule has 3 rings (SSSR count). The van der Waals surface area contributed by atoms with Crippen molar-refractivity contribution in [1.82, 2.24) is 14.9 Å². The number of aromatic nitrogens is 2. The largest absolute Gasteiger partial charge is 0.480 e. The molecule has 0 aliphatic rings. The maximum absolute atomic E-state index is 13.3. The van der Waals surface area contributed by atoms with Gasteiger partial charge >= 0.3 is 12.0 Å². The molecule has 1 aromatic heterocycles. The summed E-state index contributed by atoms with van der Waals surface area (Å²) >= 11 is 6.24. The third kappa shape index (κ3) is 4.52. The molecule has 2 amide bonds. The van der Waals surface area contributed by atoms with Crippen LogP contribution >= 0.6 is 11.6 Å². The molecular formula is C21H22ClN5O4. The van der Waals surface area contributed by atoms with Crippen LogP contribution in [0.5, 0.6) is 0 Å². The Kier molecular flexibility index (Phi) is 6.01. The summed E-state index contributed by atoms with van der Waals surface area (Å²) in [5.74, 6) is -0.850. The van der Waals surface area contributed by atoms with E-state index in [4.69, 9.17) is 22.4 Å². The Morgan fingerprint density at radius 2 is 1.90 bits per heavy atom. The molecule has 5 N–H and O–H groups in total. The summed E-state index contributed by atoms with van der Waals surface area (Å²) in [5, 5.41) is 14.6. The SMILES string of the molecule is CC(N)c1nc2cccc(Cl)c2c(=O)n1-c1cccc(NC(=O)NC(C)(C)C(=O)O)c1. The Balaban J connectivity index is 2.06. The lowest BCUT2D eigenvalue weighted by Crippen LogP contribution is -2.51. The quantitative estimate of drug-likeness (QED) is 0.478. The highest BCUT2D eigenvalue weighted by molar-refractivity contribution is 6.35. The fourth-order valence-corrected chi connectivity index (χ4v) is 3.23. The van der Waals surface area contributed by atoms with Crippen molar-refractivity contribution >= 4 is 40.2 Å². The Labute approximate surface area is 182 Å². The molecule has 0 radical (unpaired) electrons. The Morgan fingerprint density at radius 3 is 2.55 bits per heavy atom. The van der Waals surface area contributed by atoms with Crippen molar-refractivity contribution < 1.29 is 14.7 Å². The highest BCUT2D eigenvalue weighted by Gasteiger charge is 2.29. The van der Waals surface area contributed by atoms with Crippen LogP contribution in [0.2, 0.25) is 5.02 Å². The Bertz CT molecular complexity index is 1240. The summed E-state index contributed by atoms with van der Waals surface area (Å²) in [5.41, 5.74) is 5.42. The van der Waals surface area contributed by atoms with E-state index in [0.29, 0.717) is 22.7 Å². The predicted molar refractivity (Wildman–Crippen MR) is 119 cm³/mol. The third-order valence-electron chi connectivity index (χ3n) is 4.60. The number of amides is 2. The first-order valence-electron chi connectivity index (χ1n) is 9.41. The number of aliphatic carboxylic acids is 1. The van der Waals surface area contributed by atoms with Crippen molar-refractivity contribution in [3.8, 4) is 5.69 Å². The van der Waals surface area contributed by atoms with Crippen molar-refractivity contribution in [1.29, 1.82) is 0 Å². The molecule has 1 unspecified atom stereocenters. The van der Waals surface area contributed by atoms with Gasteiger partial charge in [0.1, 0.15) is 11.4 Å².